The molecule has 1 aliphatic carbocycles. The molecule has 0 heterocycles. The first kappa shape index (κ1) is 11.5. The van der Waals surface area contributed by atoms with Crippen LogP contribution >= 0.6 is 0 Å². The summed E-state index contributed by atoms with van der Waals surface area (Å²) in [4.78, 5) is 0. The highest BCUT2D eigenvalue weighted by Crippen LogP contribution is 2.40. The van der Waals surface area contributed by atoms with Crippen molar-refractivity contribution in [1.29, 1.82) is 5.26 Å². The van der Waals surface area contributed by atoms with Crippen LogP contribution in [-0.4, -0.2) is 6.04 Å². The largest absolute Gasteiger partial charge is 0.316 e. The fourth-order valence-corrected chi connectivity index (χ4v) is 2.45. The van der Waals surface area contributed by atoms with Gasteiger partial charge in [0.1, 0.15) is 0 Å². The van der Waals surface area contributed by atoms with Crippen molar-refractivity contribution in [3.63, 3.8) is 0 Å². The topological polar surface area (TPSA) is 49.8 Å². The molecule has 2 heteroatoms. The minimum absolute atomic E-state index is 0.240. The lowest BCUT2D eigenvalue weighted by Gasteiger charge is -2.37. The summed E-state index contributed by atoms with van der Waals surface area (Å²) in [6.45, 7) is 6.92. The van der Waals surface area contributed by atoms with Crippen LogP contribution in [0, 0.1) is 28.6 Å². The van der Waals surface area contributed by atoms with E-state index in [-0.39, 0.29) is 6.04 Å². The summed E-state index contributed by atoms with van der Waals surface area (Å²) >= 11 is 0. The van der Waals surface area contributed by atoms with Crippen molar-refractivity contribution in [3.8, 4) is 6.07 Å². The molecular formula is C12H22N2. The van der Waals surface area contributed by atoms with Crippen LogP contribution in [0.15, 0.2) is 0 Å². The third-order valence-corrected chi connectivity index (χ3v) is 3.65. The lowest BCUT2D eigenvalue weighted by atomic mass is 9.69. The van der Waals surface area contributed by atoms with Gasteiger partial charge in [-0.1, -0.05) is 20.8 Å². The summed E-state index contributed by atoms with van der Waals surface area (Å²) in [5.74, 6) is 1.25. The Kier molecular flexibility index (Phi) is 3.55. The lowest BCUT2D eigenvalue weighted by molar-refractivity contribution is 0.146. The number of hydrogen-bond acceptors (Lipinski definition) is 2. The molecule has 1 fully saturated rings. The summed E-state index contributed by atoms with van der Waals surface area (Å²) in [6.07, 6.45) is 4.75. The van der Waals surface area contributed by atoms with Gasteiger partial charge >= 0.3 is 0 Å². The van der Waals surface area contributed by atoms with E-state index in [2.05, 4.69) is 26.8 Å². The molecule has 0 aromatic carbocycles. The van der Waals surface area contributed by atoms with E-state index in [1.807, 2.05) is 0 Å². The van der Waals surface area contributed by atoms with Crippen LogP contribution in [0.4, 0.5) is 0 Å². The van der Waals surface area contributed by atoms with E-state index in [1.165, 1.54) is 12.8 Å². The van der Waals surface area contributed by atoms with Crippen LogP contribution in [0.5, 0.6) is 0 Å². The maximum Gasteiger partial charge on any atom is 0.0956 e. The van der Waals surface area contributed by atoms with Crippen molar-refractivity contribution in [2.24, 2.45) is 23.0 Å². The minimum Gasteiger partial charge on any atom is -0.316 e. The Morgan fingerprint density at radius 2 is 1.71 bits per heavy atom. The molecule has 2 N–H and O–H groups in total. The second-order valence-corrected chi connectivity index (χ2v) is 5.63. The van der Waals surface area contributed by atoms with E-state index >= 15 is 0 Å². The molecule has 0 amide bonds. The molecule has 2 nitrogen and oxygen atoms in total. The predicted octanol–water partition coefficient (Wildman–Crippen LogP) is 2.69. The van der Waals surface area contributed by atoms with Gasteiger partial charge in [0.15, 0.2) is 0 Å². The number of hydrogen-bond donors (Lipinski definition) is 1. The fourth-order valence-electron chi connectivity index (χ4n) is 2.45. The van der Waals surface area contributed by atoms with Gasteiger partial charge in [-0.25, -0.2) is 0 Å². The van der Waals surface area contributed by atoms with Gasteiger partial charge in [-0.15, -0.1) is 0 Å². The van der Waals surface area contributed by atoms with Crippen molar-refractivity contribution < 1.29 is 0 Å². The van der Waals surface area contributed by atoms with Crippen molar-refractivity contribution in [2.75, 3.05) is 0 Å². The molecule has 0 bridgehead atoms. The summed E-state index contributed by atoms with van der Waals surface area (Å²) in [5.41, 5.74) is 6.16. The first-order valence-electron chi connectivity index (χ1n) is 5.60. The molecule has 1 aliphatic rings. The Hall–Kier alpha value is -0.550. The summed E-state index contributed by atoms with van der Waals surface area (Å²) in [7, 11) is 0. The van der Waals surface area contributed by atoms with Crippen molar-refractivity contribution in [2.45, 2.75) is 52.5 Å². The number of rotatable bonds is 1. The third kappa shape index (κ3) is 2.72. The average Bonchev–Trinajstić information content (AvgIpc) is 2.15. The van der Waals surface area contributed by atoms with E-state index in [1.54, 1.807) is 0 Å². The molecule has 1 saturated carbocycles. The molecule has 0 saturated heterocycles. The molecule has 1 unspecified atom stereocenters. The summed E-state index contributed by atoms with van der Waals surface area (Å²) < 4.78 is 0. The van der Waals surface area contributed by atoms with Gasteiger partial charge in [-0.2, -0.15) is 5.26 Å². The smallest absolute Gasteiger partial charge is 0.0956 e. The van der Waals surface area contributed by atoms with Gasteiger partial charge in [0, 0.05) is 0 Å². The highest BCUT2D eigenvalue weighted by Gasteiger charge is 2.31. The quantitative estimate of drug-likeness (QED) is 0.697. The van der Waals surface area contributed by atoms with E-state index in [9.17, 15) is 0 Å². The minimum atomic E-state index is -0.240. The van der Waals surface area contributed by atoms with Gasteiger partial charge < -0.3 is 5.73 Å². The molecule has 14 heavy (non-hydrogen) atoms. The lowest BCUT2D eigenvalue weighted by Crippen LogP contribution is -2.34. The molecule has 0 aromatic heterocycles. The third-order valence-electron chi connectivity index (χ3n) is 3.65. The van der Waals surface area contributed by atoms with Gasteiger partial charge in [0.25, 0.3) is 0 Å². The first-order chi connectivity index (χ1) is 6.45. The monoisotopic (exact) mass is 194 g/mol. The maximum atomic E-state index is 8.74. The summed E-state index contributed by atoms with van der Waals surface area (Å²) in [6, 6.07) is 1.93. The second-order valence-electron chi connectivity index (χ2n) is 5.63. The molecule has 0 aromatic rings. The van der Waals surface area contributed by atoms with E-state index in [0.717, 1.165) is 18.8 Å². The number of nitrogens with two attached hydrogens (primary N) is 1. The number of nitriles is 1. The fraction of sp³-hybridized carbons (Fsp3) is 0.917. The molecule has 80 valence electrons. The van der Waals surface area contributed by atoms with Crippen molar-refractivity contribution in [3.05, 3.63) is 0 Å². The highest BCUT2D eigenvalue weighted by molar-refractivity contribution is 4.94. The van der Waals surface area contributed by atoms with Crippen molar-refractivity contribution >= 4 is 0 Å². The van der Waals surface area contributed by atoms with E-state index in [0.29, 0.717) is 11.3 Å². The van der Waals surface area contributed by atoms with Crippen LogP contribution < -0.4 is 5.73 Å². The Morgan fingerprint density at radius 3 is 2.07 bits per heavy atom. The molecular weight excluding hydrogens is 172 g/mol. The van der Waals surface area contributed by atoms with E-state index < -0.39 is 0 Å². The zero-order chi connectivity index (χ0) is 10.8. The van der Waals surface area contributed by atoms with Gasteiger partial charge in [0.2, 0.25) is 0 Å². The Morgan fingerprint density at radius 1 is 1.21 bits per heavy atom. The zero-order valence-electron chi connectivity index (χ0n) is 9.59. The first-order valence-corrected chi connectivity index (χ1v) is 5.60. The van der Waals surface area contributed by atoms with Gasteiger partial charge in [-0.05, 0) is 42.9 Å². The van der Waals surface area contributed by atoms with Crippen LogP contribution in [0.3, 0.4) is 0 Å². The highest BCUT2D eigenvalue weighted by atomic mass is 14.7. The Labute approximate surface area is 87.5 Å². The molecule has 0 aliphatic heterocycles. The predicted molar refractivity (Wildman–Crippen MR) is 58.5 cm³/mol. The summed E-state index contributed by atoms with van der Waals surface area (Å²) in [5, 5.41) is 8.74. The van der Waals surface area contributed by atoms with E-state index in [4.69, 9.17) is 11.0 Å². The molecule has 1 atom stereocenters. The SMILES string of the molecule is CC(C)(C)C1CCC(C(N)C#N)CC1. The van der Waals surface area contributed by atoms with Gasteiger partial charge in [0.05, 0.1) is 12.1 Å². The molecule has 0 spiro atoms. The standard InChI is InChI=1S/C12H22N2/c1-12(2,3)10-6-4-9(5-7-10)11(14)8-13/h9-11H,4-7,14H2,1-3H3. The Balaban J connectivity index is 2.43. The average molecular weight is 194 g/mol. The normalized spacial score (nSPS) is 30.8. The van der Waals surface area contributed by atoms with Crippen LogP contribution in [-0.2, 0) is 0 Å². The Bertz CT molecular complexity index is 213. The van der Waals surface area contributed by atoms with Gasteiger partial charge in [-0.3, -0.25) is 0 Å². The van der Waals surface area contributed by atoms with Crippen LogP contribution in [0.25, 0.3) is 0 Å². The number of nitrogens with zero attached hydrogens (tertiary/aromatic N) is 1. The van der Waals surface area contributed by atoms with Crippen LogP contribution in [0.2, 0.25) is 0 Å². The van der Waals surface area contributed by atoms with Crippen LogP contribution in [0.1, 0.15) is 46.5 Å². The maximum absolute atomic E-state index is 8.74. The second kappa shape index (κ2) is 4.31. The molecule has 1 rings (SSSR count). The zero-order valence-corrected chi connectivity index (χ0v) is 9.59. The van der Waals surface area contributed by atoms with Crippen molar-refractivity contribution in [1.82, 2.24) is 0 Å². The molecule has 0 radical (unpaired) electrons.